The van der Waals surface area contributed by atoms with Crippen molar-refractivity contribution in [1.29, 1.82) is 5.41 Å². The molecule has 2 heteroatoms. The average Bonchev–Trinajstić information content (AvgIpc) is 2.30. The van der Waals surface area contributed by atoms with Gasteiger partial charge in [0.1, 0.15) is 0 Å². The molecular weight excluding hydrogens is 206 g/mol. The van der Waals surface area contributed by atoms with Gasteiger partial charge in [0.2, 0.25) is 0 Å². The average molecular weight is 218 g/mol. The highest BCUT2D eigenvalue weighted by Gasteiger charge is 2.01. The fourth-order valence-electron chi connectivity index (χ4n) is 1.38. The molecule has 0 bridgehead atoms. The molecule has 0 unspecified atom stereocenters. The molecule has 0 aliphatic rings. The van der Waals surface area contributed by atoms with Gasteiger partial charge in [-0.25, -0.2) is 0 Å². The Labute approximate surface area is 95.7 Å². The smallest absolute Gasteiger partial charge is 0.0684 e. The first-order chi connectivity index (χ1) is 6.88. The van der Waals surface area contributed by atoms with Gasteiger partial charge in [-0.2, -0.15) is 0 Å². The summed E-state index contributed by atoms with van der Waals surface area (Å²) >= 11 is 0. The van der Waals surface area contributed by atoms with Crippen LogP contribution in [0.5, 0.6) is 0 Å². The SMILES string of the molecule is Cl.N=C(c1ccccc1)c1ccccc1. The lowest BCUT2D eigenvalue weighted by Crippen LogP contribution is -1.99. The van der Waals surface area contributed by atoms with Crippen LogP contribution in [0.3, 0.4) is 0 Å². The van der Waals surface area contributed by atoms with Gasteiger partial charge in [-0.1, -0.05) is 60.7 Å². The standard InChI is InChI=1S/C13H11N.ClH/c14-13(11-7-3-1-4-8-11)12-9-5-2-6-10-12;/h1-10,14H;1H. The van der Waals surface area contributed by atoms with Crippen LogP contribution in [-0.2, 0) is 0 Å². The zero-order valence-electron chi connectivity index (χ0n) is 8.18. The molecule has 0 aliphatic heterocycles. The number of halogens is 1. The van der Waals surface area contributed by atoms with Crippen molar-refractivity contribution in [1.82, 2.24) is 0 Å². The Morgan fingerprint density at radius 1 is 0.667 bits per heavy atom. The summed E-state index contributed by atoms with van der Waals surface area (Å²) in [6.07, 6.45) is 0. The molecule has 0 fully saturated rings. The molecule has 0 aromatic heterocycles. The third-order valence-corrected chi connectivity index (χ3v) is 2.12. The monoisotopic (exact) mass is 217 g/mol. The van der Waals surface area contributed by atoms with Crippen LogP contribution in [0.2, 0.25) is 0 Å². The Balaban J connectivity index is 0.00000112. The van der Waals surface area contributed by atoms with Crippen molar-refractivity contribution in [3.63, 3.8) is 0 Å². The summed E-state index contributed by atoms with van der Waals surface area (Å²) in [6.45, 7) is 0. The molecule has 0 radical (unpaired) electrons. The summed E-state index contributed by atoms with van der Waals surface area (Å²) in [4.78, 5) is 0. The molecule has 0 saturated carbocycles. The second kappa shape index (κ2) is 5.32. The first kappa shape index (κ1) is 11.5. The van der Waals surface area contributed by atoms with Crippen LogP contribution in [0.4, 0.5) is 0 Å². The van der Waals surface area contributed by atoms with Crippen LogP contribution >= 0.6 is 12.4 Å². The highest BCUT2D eigenvalue weighted by molar-refractivity contribution is 6.10. The maximum absolute atomic E-state index is 7.97. The van der Waals surface area contributed by atoms with Crippen molar-refractivity contribution >= 4 is 18.1 Å². The molecule has 1 N–H and O–H groups in total. The topological polar surface area (TPSA) is 23.9 Å². The van der Waals surface area contributed by atoms with Gasteiger partial charge in [0, 0.05) is 0 Å². The third-order valence-electron chi connectivity index (χ3n) is 2.12. The highest BCUT2D eigenvalue weighted by atomic mass is 35.5. The molecular formula is C13H12ClN. The van der Waals surface area contributed by atoms with E-state index < -0.39 is 0 Å². The predicted molar refractivity (Wildman–Crippen MR) is 66.1 cm³/mol. The largest absolute Gasteiger partial charge is 0.300 e. The van der Waals surface area contributed by atoms with Crippen molar-refractivity contribution in [3.8, 4) is 0 Å². The molecule has 0 heterocycles. The Morgan fingerprint density at radius 2 is 1.00 bits per heavy atom. The van der Waals surface area contributed by atoms with Crippen molar-refractivity contribution in [2.45, 2.75) is 0 Å². The molecule has 1 nitrogen and oxygen atoms in total. The molecule has 0 atom stereocenters. The van der Waals surface area contributed by atoms with E-state index in [-0.39, 0.29) is 12.4 Å². The maximum Gasteiger partial charge on any atom is 0.0684 e. The van der Waals surface area contributed by atoms with Crippen LogP contribution in [-0.4, -0.2) is 5.71 Å². The molecule has 0 amide bonds. The molecule has 2 rings (SSSR count). The minimum Gasteiger partial charge on any atom is -0.300 e. The number of nitrogens with one attached hydrogen (secondary N) is 1. The van der Waals surface area contributed by atoms with Crippen molar-refractivity contribution in [3.05, 3.63) is 71.8 Å². The van der Waals surface area contributed by atoms with Crippen molar-refractivity contribution in [2.75, 3.05) is 0 Å². The summed E-state index contributed by atoms with van der Waals surface area (Å²) in [7, 11) is 0. The van der Waals surface area contributed by atoms with Crippen LogP contribution in [0.25, 0.3) is 0 Å². The number of benzene rings is 2. The first-order valence-electron chi connectivity index (χ1n) is 4.57. The zero-order chi connectivity index (χ0) is 9.80. The molecule has 0 saturated heterocycles. The van der Waals surface area contributed by atoms with Gasteiger partial charge in [-0.05, 0) is 11.1 Å². The van der Waals surface area contributed by atoms with E-state index in [0.717, 1.165) is 11.1 Å². The van der Waals surface area contributed by atoms with Crippen LogP contribution in [0.15, 0.2) is 60.7 Å². The second-order valence-corrected chi connectivity index (χ2v) is 3.11. The van der Waals surface area contributed by atoms with Gasteiger partial charge in [0.15, 0.2) is 0 Å². The number of hydrogen-bond donors (Lipinski definition) is 1. The van der Waals surface area contributed by atoms with E-state index in [9.17, 15) is 0 Å². The maximum atomic E-state index is 7.97. The fraction of sp³-hybridized carbons (Fsp3) is 0. The van der Waals surface area contributed by atoms with Gasteiger partial charge < -0.3 is 0 Å². The molecule has 15 heavy (non-hydrogen) atoms. The van der Waals surface area contributed by atoms with E-state index in [1.165, 1.54) is 0 Å². The number of hydrogen-bond acceptors (Lipinski definition) is 1. The molecule has 0 spiro atoms. The Morgan fingerprint density at radius 3 is 1.33 bits per heavy atom. The molecule has 76 valence electrons. The Kier molecular flexibility index (Phi) is 4.07. The van der Waals surface area contributed by atoms with Crippen molar-refractivity contribution in [2.24, 2.45) is 0 Å². The van der Waals surface area contributed by atoms with Gasteiger partial charge in [-0.15, -0.1) is 12.4 Å². The first-order valence-corrected chi connectivity index (χ1v) is 4.57. The van der Waals surface area contributed by atoms with Crippen LogP contribution < -0.4 is 0 Å². The minimum absolute atomic E-state index is 0. The van der Waals surface area contributed by atoms with Gasteiger partial charge >= 0.3 is 0 Å². The summed E-state index contributed by atoms with van der Waals surface area (Å²) in [5.41, 5.74) is 2.49. The van der Waals surface area contributed by atoms with E-state index in [2.05, 4.69) is 0 Å². The predicted octanol–water partition coefficient (Wildman–Crippen LogP) is 3.52. The lowest BCUT2D eigenvalue weighted by molar-refractivity contribution is 1.46. The number of rotatable bonds is 2. The second-order valence-electron chi connectivity index (χ2n) is 3.11. The van der Waals surface area contributed by atoms with Gasteiger partial charge in [0.05, 0.1) is 5.71 Å². The summed E-state index contributed by atoms with van der Waals surface area (Å²) < 4.78 is 0. The summed E-state index contributed by atoms with van der Waals surface area (Å²) in [6, 6.07) is 19.5. The summed E-state index contributed by atoms with van der Waals surface area (Å²) in [5, 5.41) is 7.97. The fourth-order valence-corrected chi connectivity index (χ4v) is 1.38. The van der Waals surface area contributed by atoms with E-state index in [1.807, 2.05) is 60.7 Å². The van der Waals surface area contributed by atoms with Crippen LogP contribution in [0, 0.1) is 5.41 Å². The van der Waals surface area contributed by atoms with E-state index in [1.54, 1.807) is 0 Å². The normalized spacial score (nSPS) is 9.07. The van der Waals surface area contributed by atoms with E-state index >= 15 is 0 Å². The lowest BCUT2D eigenvalue weighted by Gasteiger charge is -2.02. The lowest BCUT2D eigenvalue weighted by atomic mass is 10.0. The summed E-state index contributed by atoms with van der Waals surface area (Å²) in [5.74, 6) is 0. The minimum atomic E-state index is 0. The molecule has 0 aliphatic carbocycles. The van der Waals surface area contributed by atoms with Gasteiger partial charge in [-0.3, -0.25) is 5.41 Å². The zero-order valence-corrected chi connectivity index (χ0v) is 9.00. The van der Waals surface area contributed by atoms with Crippen molar-refractivity contribution < 1.29 is 0 Å². The van der Waals surface area contributed by atoms with Gasteiger partial charge in [0.25, 0.3) is 0 Å². The Bertz CT molecular complexity index is 381. The van der Waals surface area contributed by atoms with E-state index in [4.69, 9.17) is 5.41 Å². The third kappa shape index (κ3) is 2.67. The molecule has 2 aromatic rings. The Hall–Kier alpha value is -1.60. The highest BCUT2D eigenvalue weighted by Crippen LogP contribution is 2.08. The quantitative estimate of drug-likeness (QED) is 0.745. The molecule has 2 aromatic carbocycles. The van der Waals surface area contributed by atoms with E-state index in [0.29, 0.717) is 5.71 Å². The van der Waals surface area contributed by atoms with Crippen LogP contribution in [0.1, 0.15) is 11.1 Å².